The van der Waals surface area contributed by atoms with Crippen LogP contribution in [0.25, 0.3) is 21.8 Å². The van der Waals surface area contributed by atoms with E-state index in [0.717, 1.165) is 20.0 Å². The lowest BCUT2D eigenvalue weighted by molar-refractivity contribution is 0.101. The minimum Gasteiger partial charge on any atom is -0.390 e. The lowest BCUT2D eigenvalue weighted by atomic mass is 9.95. The first-order valence-electron chi connectivity index (χ1n) is 9.37. The highest BCUT2D eigenvalue weighted by Gasteiger charge is 2.26. The number of fused-ring (bicyclic) bond motifs is 3. The molecule has 0 aliphatic heterocycles. The van der Waals surface area contributed by atoms with Gasteiger partial charge in [-0.25, -0.2) is 0 Å². The van der Waals surface area contributed by atoms with E-state index in [4.69, 9.17) is 0 Å². The van der Waals surface area contributed by atoms with E-state index in [9.17, 15) is 5.11 Å². The third kappa shape index (κ3) is 3.47. The Morgan fingerprint density at radius 2 is 1.50 bits per heavy atom. The Balaban J connectivity index is 1.88. The Bertz CT molecular complexity index is 869. The van der Waals surface area contributed by atoms with Crippen LogP contribution in [0.4, 0.5) is 0 Å². The van der Waals surface area contributed by atoms with Crippen molar-refractivity contribution in [3.63, 3.8) is 0 Å². The van der Waals surface area contributed by atoms with Crippen molar-refractivity contribution >= 4 is 53.7 Å². The molecule has 3 nitrogen and oxygen atoms in total. The van der Waals surface area contributed by atoms with Gasteiger partial charge < -0.3 is 9.67 Å². The Kier molecular flexibility index (Phi) is 5.42. The molecule has 1 aliphatic rings. The standard InChI is InChI=1S/C21H24Br2N2O/c1-13(26)21(24-16-5-3-2-4-6-16)25-19-9-7-14(22)11-17(19)18-12-15(23)8-10-20(18)25/h7-13,16,21,24,26H,2-6H2,1H3. The number of aliphatic hydroxyl groups excluding tert-OH is 1. The fourth-order valence-electron chi connectivity index (χ4n) is 4.24. The van der Waals surface area contributed by atoms with Crippen molar-refractivity contribution in [2.45, 2.75) is 57.3 Å². The minimum absolute atomic E-state index is 0.138. The molecule has 1 saturated carbocycles. The summed E-state index contributed by atoms with van der Waals surface area (Å²) in [6.45, 7) is 1.88. The first-order valence-corrected chi connectivity index (χ1v) is 11.0. The summed E-state index contributed by atoms with van der Waals surface area (Å²) in [6, 6.07) is 13.2. The number of halogens is 2. The second-order valence-corrected chi connectivity index (χ2v) is 9.21. The second-order valence-electron chi connectivity index (χ2n) is 7.38. The van der Waals surface area contributed by atoms with Crippen molar-refractivity contribution in [2.75, 3.05) is 0 Å². The van der Waals surface area contributed by atoms with Crippen molar-refractivity contribution in [3.05, 3.63) is 45.3 Å². The van der Waals surface area contributed by atoms with Gasteiger partial charge in [-0.3, -0.25) is 5.32 Å². The van der Waals surface area contributed by atoms with E-state index < -0.39 is 6.10 Å². The van der Waals surface area contributed by atoms with Crippen molar-refractivity contribution in [1.82, 2.24) is 9.88 Å². The molecule has 0 bridgehead atoms. The second kappa shape index (κ2) is 7.63. The van der Waals surface area contributed by atoms with Crippen LogP contribution in [0, 0.1) is 0 Å². The molecule has 3 aromatic rings. The zero-order chi connectivity index (χ0) is 18.3. The number of hydrogen-bond acceptors (Lipinski definition) is 2. The molecule has 138 valence electrons. The normalized spacial score (nSPS) is 18.5. The van der Waals surface area contributed by atoms with Gasteiger partial charge in [0.25, 0.3) is 0 Å². The molecule has 1 aliphatic carbocycles. The first kappa shape index (κ1) is 18.5. The highest BCUT2D eigenvalue weighted by Crippen LogP contribution is 2.36. The third-order valence-corrected chi connectivity index (χ3v) is 6.46. The van der Waals surface area contributed by atoms with E-state index in [1.165, 1.54) is 42.9 Å². The minimum atomic E-state index is -0.483. The summed E-state index contributed by atoms with van der Waals surface area (Å²) in [5, 5.41) is 16.8. The van der Waals surface area contributed by atoms with E-state index in [1.807, 2.05) is 6.92 Å². The molecular weight excluding hydrogens is 456 g/mol. The van der Waals surface area contributed by atoms with Crippen LogP contribution in [0.2, 0.25) is 0 Å². The fraction of sp³-hybridized carbons (Fsp3) is 0.429. The predicted molar refractivity (Wildman–Crippen MR) is 116 cm³/mol. The van der Waals surface area contributed by atoms with Crippen LogP contribution in [0.3, 0.4) is 0 Å². The van der Waals surface area contributed by atoms with Crippen LogP contribution in [-0.4, -0.2) is 21.8 Å². The largest absolute Gasteiger partial charge is 0.390 e. The first-order chi connectivity index (χ1) is 12.5. The molecule has 0 radical (unpaired) electrons. The van der Waals surface area contributed by atoms with Crippen molar-refractivity contribution in [1.29, 1.82) is 0 Å². The Hall–Kier alpha value is -0.880. The molecule has 0 spiro atoms. The summed E-state index contributed by atoms with van der Waals surface area (Å²) >= 11 is 7.21. The molecule has 5 heteroatoms. The topological polar surface area (TPSA) is 37.2 Å². The Labute approximate surface area is 171 Å². The molecular formula is C21H24Br2N2O. The quantitative estimate of drug-likeness (QED) is 0.472. The lowest BCUT2D eigenvalue weighted by Crippen LogP contribution is -2.42. The van der Waals surface area contributed by atoms with Gasteiger partial charge in [-0.15, -0.1) is 0 Å². The summed E-state index contributed by atoms with van der Waals surface area (Å²) < 4.78 is 4.42. The molecule has 2 unspecified atom stereocenters. The van der Waals surface area contributed by atoms with E-state index in [0.29, 0.717) is 6.04 Å². The van der Waals surface area contributed by atoms with Crippen LogP contribution in [0.15, 0.2) is 45.3 Å². The molecule has 26 heavy (non-hydrogen) atoms. The number of nitrogens with one attached hydrogen (secondary N) is 1. The lowest BCUT2D eigenvalue weighted by Gasteiger charge is -2.32. The molecule has 2 aromatic carbocycles. The highest BCUT2D eigenvalue weighted by molar-refractivity contribution is 9.10. The van der Waals surface area contributed by atoms with E-state index >= 15 is 0 Å². The van der Waals surface area contributed by atoms with Gasteiger partial charge in [0.05, 0.1) is 17.1 Å². The van der Waals surface area contributed by atoms with Crippen LogP contribution in [0.5, 0.6) is 0 Å². The van der Waals surface area contributed by atoms with E-state index in [2.05, 4.69) is 78.1 Å². The summed E-state index contributed by atoms with van der Waals surface area (Å²) in [7, 11) is 0. The van der Waals surface area contributed by atoms with E-state index in [1.54, 1.807) is 0 Å². The van der Waals surface area contributed by atoms with Crippen molar-refractivity contribution in [3.8, 4) is 0 Å². The van der Waals surface area contributed by atoms with Gasteiger partial charge in [-0.1, -0.05) is 51.1 Å². The maximum Gasteiger partial charge on any atom is 0.111 e. The zero-order valence-electron chi connectivity index (χ0n) is 14.9. The Morgan fingerprint density at radius 3 is 2.00 bits per heavy atom. The molecule has 0 saturated heterocycles. The van der Waals surface area contributed by atoms with Gasteiger partial charge in [0.1, 0.15) is 6.17 Å². The molecule has 1 fully saturated rings. The van der Waals surface area contributed by atoms with Gasteiger partial charge in [-0.2, -0.15) is 0 Å². The third-order valence-electron chi connectivity index (χ3n) is 5.47. The maximum absolute atomic E-state index is 10.6. The van der Waals surface area contributed by atoms with Gasteiger partial charge in [0.2, 0.25) is 0 Å². The molecule has 0 amide bonds. The number of nitrogens with zero attached hydrogens (tertiary/aromatic N) is 1. The molecule has 2 N–H and O–H groups in total. The molecule has 2 atom stereocenters. The summed E-state index contributed by atoms with van der Waals surface area (Å²) in [6.07, 6.45) is 5.64. The molecule has 4 rings (SSSR count). The van der Waals surface area contributed by atoms with Gasteiger partial charge in [-0.05, 0) is 56.2 Å². The summed E-state index contributed by atoms with van der Waals surface area (Å²) in [5.74, 6) is 0. The van der Waals surface area contributed by atoms with Gasteiger partial charge in [0, 0.05) is 25.8 Å². The molecule has 1 heterocycles. The predicted octanol–water partition coefficient (Wildman–Crippen LogP) is 6.12. The summed E-state index contributed by atoms with van der Waals surface area (Å²) in [4.78, 5) is 0. The number of benzene rings is 2. The average molecular weight is 480 g/mol. The monoisotopic (exact) mass is 478 g/mol. The van der Waals surface area contributed by atoms with Crippen LogP contribution in [0.1, 0.15) is 45.2 Å². The van der Waals surface area contributed by atoms with Crippen LogP contribution in [-0.2, 0) is 0 Å². The zero-order valence-corrected chi connectivity index (χ0v) is 18.1. The maximum atomic E-state index is 10.6. The van der Waals surface area contributed by atoms with Gasteiger partial charge >= 0.3 is 0 Å². The summed E-state index contributed by atoms with van der Waals surface area (Å²) in [5.41, 5.74) is 2.30. The molecule has 1 aromatic heterocycles. The Morgan fingerprint density at radius 1 is 0.962 bits per heavy atom. The smallest absolute Gasteiger partial charge is 0.111 e. The highest BCUT2D eigenvalue weighted by atomic mass is 79.9. The van der Waals surface area contributed by atoms with Crippen LogP contribution < -0.4 is 5.32 Å². The fourth-order valence-corrected chi connectivity index (χ4v) is 4.96. The average Bonchev–Trinajstić information content (AvgIpc) is 2.93. The number of aromatic nitrogens is 1. The van der Waals surface area contributed by atoms with Crippen molar-refractivity contribution in [2.24, 2.45) is 0 Å². The SMILES string of the molecule is CC(O)C(NC1CCCCC1)n1c2ccc(Br)cc2c2cc(Br)ccc21. The van der Waals surface area contributed by atoms with Crippen molar-refractivity contribution < 1.29 is 5.11 Å². The number of aliphatic hydroxyl groups is 1. The van der Waals surface area contributed by atoms with Gasteiger partial charge in [0.15, 0.2) is 0 Å². The van der Waals surface area contributed by atoms with Crippen LogP contribution >= 0.6 is 31.9 Å². The number of hydrogen-bond donors (Lipinski definition) is 2. The number of rotatable bonds is 4. The van der Waals surface area contributed by atoms with E-state index in [-0.39, 0.29) is 6.17 Å².